The van der Waals surface area contributed by atoms with Gasteiger partial charge in [0.2, 0.25) is 0 Å². The van der Waals surface area contributed by atoms with E-state index in [-0.39, 0.29) is 0 Å². The number of pyridine rings is 1. The van der Waals surface area contributed by atoms with Crippen molar-refractivity contribution in [1.82, 2.24) is 4.98 Å². The number of hydrogen-bond donors (Lipinski definition) is 2. The number of thioether (sulfide) groups is 1. The van der Waals surface area contributed by atoms with Crippen molar-refractivity contribution in [2.75, 3.05) is 11.6 Å². The molecule has 1 aliphatic carbocycles. The van der Waals surface area contributed by atoms with Gasteiger partial charge in [0.15, 0.2) is 0 Å². The maximum absolute atomic E-state index is 5.62. The van der Waals surface area contributed by atoms with Crippen molar-refractivity contribution >= 4 is 34.8 Å². The van der Waals surface area contributed by atoms with Crippen molar-refractivity contribution in [3.63, 3.8) is 0 Å². The number of nitrogens with zero attached hydrogens (tertiary/aromatic N) is 1. The summed E-state index contributed by atoms with van der Waals surface area (Å²) in [7, 11) is 0. The normalized spacial score (nSPS) is 23.6. The number of rotatable bonds is 4. The molecule has 0 amide bonds. The van der Waals surface area contributed by atoms with Crippen LogP contribution in [0.25, 0.3) is 0 Å². The SMILES string of the molecule is CSC1CCCC1Nc1cc(C(N)=S)ccn1. The molecule has 1 heterocycles. The number of nitrogens with two attached hydrogens (primary N) is 1. The van der Waals surface area contributed by atoms with Crippen LogP contribution in [-0.4, -0.2) is 27.5 Å². The van der Waals surface area contributed by atoms with Crippen LogP contribution in [0.5, 0.6) is 0 Å². The van der Waals surface area contributed by atoms with Crippen molar-refractivity contribution in [3.8, 4) is 0 Å². The lowest BCUT2D eigenvalue weighted by Crippen LogP contribution is -2.26. The van der Waals surface area contributed by atoms with Crippen LogP contribution in [-0.2, 0) is 0 Å². The first-order chi connectivity index (χ1) is 8.20. The Morgan fingerprint density at radius 2 is 2.41 bits per heavy atom. The summed E-state index contributed by atoms with van der Waals surface area (Å²) in [4.78, 5) is 4.74. The molecule has 0 radical (unpaired) electrons. The lowest BCUT2D eigenvalue weighted by atomic mass is 10.2. The monoisotopic (exact) mass is 267 g/mol. The Balaban J connectivity index is 2.07. The molecule has 2 atom stereocenters. The highest BCUT2D eigenvalue weighted by atomic mass is 32.2. The van der Waals surface area contributed by atoms with E-state index in [1.54, 1.807) is 6.20 Å². The average Bonchev–Trinajstić information content (AvgIpc) is 2.76. The number of aromatic nitrogens is 1. The molecule has 92 valence electrons. The van der Waals surface area contributed by atoms with E-state index in [9.17, 15) is 0 Å². The molecule has 2 unspecified atom stereocenters. The van der Waals surface area contributed by atoms with E-state index in [1.165, 1.54) is 19.3 Å². The summed E-state index contributed by atoms with van der Waals surface area (Å²) >= 11 is 6.90. The standard InChI is InChI=1S/C12H17N3S2/c1-17-10-4-2-3-9(10)15-11-7-8(12(13)16)5-6-14-11/h5-7,9-10H,2-4H2,1H3,(H2,13,16)(H,14,15). The molecule has 0 aliphatic heterocycles. The van der Waals surface area contributed by atoms with Crippen LogP contribution in [0.2, 0.25) is 0 Å². The summed E-state index contributed by atoms with van der Waals surface area (Å²) < 4.78 is 0. The van der Waals surface area contributed by atoms with E-state index in [0.717, 1.165) is 11.4 Å². The number of nitrogens with one attached hydrogen (secondary N) is 1. The third-order valence-electron chi connectivity index (χ3n) is 3.13. The zero-order valence-corrected chi connectivity index (χ0v) is 11.5. The summed E-state index contributed by atoms with van der Waals surface area (Å²) in [5, 5.41) is 4.18. The minimum atomic E-state index is 0.420. The molecule has 1 saturated carbocycles. The van der Waals surface area contributed by atoms with Crippen molar-refractivity contribution in [3.05, 3.63) is 23.9 Å². The Hall–Kier alpha value is -0.810. The van der Waals surface area contributed by atoms with Crippen LogP contribution in [0.4, 0.5) is 5.82 Å². The van der Waals surface area contributed by atoms with E-state index >= 15 is 0 Å². The van der Waals surface area contributed by atoms with Gasteiger partial charge in [0, 0.05) is 23.1 Å². The van der Waals surface area contributed by atoms with Gasteiger partial charge in [0.1, 0.15) is 10.8 Å². The van der Waals surface area contributed by atoms with E-state index in [1.807, 2.05) is 23.9 Å². The molecule has 3 nitrogen and oxygen atoms in total. The summed E-state index contributed by atoms with van der Waals surface area (Å²) in [6.07, 6.45) is 7.71. The van der Waals surface area contributed by atoms with Crippen molar-refractivity contribution < 1.29 is 0 Å². The zero-order chi connectivity index (χ0) is 12.3. The Labute approximate surface area is 112 Å². The summed E-state index contributed by atoms with van der Waals surface area (Å²) in [5.74, 6) is 0.876. The first-order valence-electron chi connectivity index (χ1n) is 5.76. The van der Waals surface area contributed by atoms with Crippen molar-refractivity contribution in [1.29, 1.82) is 0 Å². The van der Waals surface area contributed by atoms with Gasteiger partial charge < -0.3 is 11.1 Å². The molecule has 17 heavy (non-hydrogen) atoms. The number of anilines is 1. The Kier molecular flexibility index (Phi) is 4.23. The van der Waals surface area contributed by atoms with Gasteiger partial charge in [-0.2, -0.15) is 11.8 Å². The minimum Gasteiger partial charge on any atom is -0.389 e. The summed E-state index contributed by atoms with van der Waals surface area (Å²) in [6, 6.07) is 4.28. The summed E-state index contributed by atoms with van der Waals surface area (Å²) in [6.45, 7) is 0. The average molecular weight is 267 g/mol. The molecule has 0 saturated heterocycles. The van der Waals surface area contributed by atoms with Gasteiger partial charge >= 0.3 is 0 Å². The highest BCUT2D eigenvalue weighted by Crippen LogP contribution is 2.30. The molecule has 3 N–H and O–H groups in total. The maximum atomic E-state index is 5.62. The predicted octanol–water partition coefficient (Wildman–Crippen LogP) is 2.41. The smallest absolute Gasteiger partial charge is 0.126 e. The molecule has 0 aromatic carbocycles. The Morgan fingerprint density at radius 3 is 3.12 bits per heavy atom. The number of thiocarbonyl (C=S) groups is 1. The van der Waals surface area contributed by atoms with Crippen LogP contribution in [0.15, 0.2) is 18.3 Å². The van der Waals surface area contributed by atoms with Gasteiger partial charge in [-0.1, -0.05) is 18.6 Å². The molecule has 1 fully saturated rings. The van der Waals surface area contributed by atoms with Gasteiger partial charge in [0.05, 0.1) is 0 Å². The fourth-order valence-electron chi connectivity index (χ4n) is 2.23. The fourth-order valence-corrected chi connectivity index (χ4v) is 3.29. The Morgan fingerprint density at radius 1 is 1.59 bits per heavy atom. The first-order valence-corrected chi connectivity index (χ1v) is 7.45. The van der Waals surface area contributed by atoms with Crippen LogP contribution in [0.1, 0.15) is 24.8 Å². The fraction of sp³-hybridized carbons (Fsp3) is 0.500. The molecule has 5 heteroatoms. The van der Waals surface area contributed by atoms with Gasteiger partial charge in [-0.15, -0.1) is 0 Å². The topological polar surface area (TPSA) is 50.9 Å². The molecule has 1 aliphatic rings. The van der Waals surface area contributed by atoms with Gasteiger partial charge in [-0.25, -0.2) is 4.98 Å². The van der Waals surface area contributed by atoms with E-state index in [2.05, 4.69) is 16.6 Å². The van der Waals surface area contributed by atoms with Crippen molar-refractivity contribution in [2.24, 2.45) is 5.73 Å². The minimum absolute atomic E-state index is 0.420. The van der Waals surface area contributed by atoms with Crippen LogP contribution in [0, 0.1) is 0 Å². The van der Waals surface area contributed by atoms with E-state index in [0.29, 0.717) is 16.3 Å². The lowest BCUT2D eigenvalue weighted by molar-refractivity contribution is 0.763. The van der Waals surface area contributed by atoms with Gasteiger partial charge in [-0.3, -0.25) is 0 Å². The zero-order valence-electron chi connectivity index (χ0n) is 9.85. The lowest BCUT2D eigenvalue weighted by Gasteiger charge is -2.19. The number of hydrogen-bond acceptors (Lipinski definition) is 4. The maximum Gasteiger partial charge on any atom is 0.126 e. The molecule has 0 bridgehead atoms. The largest absolute Gasteiger partial charge is 0.389 e. The van der Waals surface area contributed by atoms with Gasteiger partial charge in [0.25, 0.3) is 0 Å². The Bertz CT molecular complexity index is 408. The van der Waals surface area contributed by atoms with E-state index in [4.69, 9.17) is 18.0 Å². The van der Waals surface area contributed by atoms with Crippen LogP contribution in [0.3, 0.4) is 0 Å². The third kappa shape index (κ3) is 3.10. The van der Waals surface area contributed by atoms with E-state index < -0.39 is 0 Å². The van der Waals surface area contributed by atoms with Crippen LogP contribution < -0.4 is 11.1 Å². The molecular weight excluding hydrogens is 250 g/mol. The van der Waals surface area contributed by atoms with Gasteiger partial charge in [-0.05, 0) is 31.2 Å². The second kappa shape index (κ2) is 5.69. The molecular formula is C12H17N3S2. The highest BCUT2D eigenvalue weighted by molar-refractivity contribution is 7.99. The molecule has 1 aromatic rings. The molecule has 0 spiro atoms. The molecule has 1 aromatic heterocycles. The highest BCUT2D eigenvalue weighted by Gasteiger charge is 2.26. The van der Waals surface area contributed by atoms with Crippen molar-refractivity contribution in [2.45, 2.75) is 30.6 Å². The third-order valence-corrected chi connectivity index (χ3v) is 4.54. The van der Waals surface area contributed by atoms with Crippen LogP contribution >= 0.6 is 24.0 Å². The predicted molar refractivity (Wildman–Crippen MR) is 78.7 cm³/mol. The quantitative estimate of drug-likeness (QED) is 0.821. The first kappa shape index (κ1) is 12.6. The summed E-state index contributed by atoms with van der Waals surface area (Å²) in [5.41, 5.74) is 6.49. The second-order valence-corrected chi connectivity index (χ2v) is 5.77. The molecule has 2 rings (SSSR count). The second-order valence-electron chi connectivity index (χ2n) is 4.25.